The van der Waals surface area contributed by atoms with Crippen LogP contribution in [0.2, 0.25) is 18.1 Å². The first kappa shape index (κ1) is 22.1. The van der Waals surface area contributed by atoms with Crippen molar-refractivity contribution >= 4 is 25.8 Å². The molecule has 0 aromatic carbocycles. The Balaban J connectivity index is 2.33. The van der Waals surface area contributed by atoms with Crippen LogP contribution in [0.15, 0.2) is 18.5 Å². The molecule has 156 valence electrons. The molecule has 1 aromatic rings. The average molecular weight is 411 g/mol. The minimum atomic E-state index is -2.13. The molecule has 0 bridgehead atoms. The number of piperidine rings is 1. The summed E-state index contributed by atoms with van der Waals surface area (Å²) >= 11 is 0. The molecule has 2 N–H and O–H groups in total. The van der Waals surface area contributed by atoms with Crippen molar-refractivity contribution in [2.45, 2.75) is 58.0 Å². The molecule has 0 aliphatic carbocycles. The molecule has 3 atom stereocenters. The van der Waals surface area contributed by atoms with Crippen LogP contribution in [-0.4, -0.2) is 54.7 Å². The molecule has 28 heavy (non-hydrogen) atoms. The lowest BCUT2D eigenvalue weighted by Gasteiger charge is -2.48. The van der Waals surface area contributed by atoms with Gasteiger partial charge < -0.3 is 19.7 Å². The molecule has 1 aliphatic rings. The Morgan fingerprint density at radius 1 is 1.43 bits per heavy atom. The summed E-state index contributed by atoms with van der Waals surface area (Å²) < 4.78 is 6.57. The molecule has 0 radical (unpaired) electrons. The van der Waals surface area contributed by atoms with Gasteiger partial charge in [-0.1, -0.05) is 27.7 Å². The average Bonchev–Trinajstić information content (AvgIpc) is 2.56. The molecule has 2 rings (SSSR count). The first-order chi connectivity index (χ1) is 12.8. The van der Waals surface area contributed by atoms with E-state index in [1.165, 1.54) is 12.4 Å². The maximum Gasteiger partial charge on any atom is 0.405 e. The monoisotopic (exact) mass is 410 g/mol. The number of nitrogens with zero attached hydrogens (tertiary/aromatic N) is 3. The minimum Gasteiger partial charge on any atom is -0.465 e. The minimum absolute atomic E-state index is 0.0124. The van der Waals surface area contributed by atoms with Gasteiger partial charge in [0.15, 0.2) is 8.32 Å². The summed E-state index contributed by atoms with van der Waals surface area (Å²) in [5, 5.41) is 23.3. The Labute approximate surface area is 166 Å². The van der Waals surface area contributed by atoms with Crippen LogP contribution < -0.4 is 10.2 Å². The third-order valence-electron chi connectivity index (χ3n) is 5.74. The second kappa shape index (κ2) is 8.04. The van der Waals surface area contributed by atoms with E-state index in [-0.39, 0.29) is 22.7 Å². The summed E-state index contributed by atoms with van der Waals surface area (Å²) in [6, 6.07) is 1.10. The summed E-state index contributed by atoms with van der Waals surface area (Å²) in [6.45, 7) is 13.5. The lowest BCUT2D eigenvalue weighted by molar-refractivity contribution is -0.384. The van der Waals surface area contributed by atoms with Gasteiger partial charge in [-0.15, -0.1) is 0 Å². The van der Waals surface area contributed by atoms with E-state index < -0.39 is 25.4 Å². The Morgan fingerprint density at radius 3 is 2.61 bits per heavy atom. The summed E-state index contributed by atoms with van der Waals surface area (Å²) in [5.41, 5.74) is 0.349. The molecule has 1 fully saturated rings. The van der Waals surface area contributed by atoms with Gasteiger partial charge in [0, 0.05) is 25.2 Å². The van der Waals surface area contributed by atoms with E-state index in [4.69, 9.17) is 4.43 Å². The smallest absolute Gasteiger partial charge is 0.405 e. The molecule has 0 spiro atoms. The van der Waals surface area contributed by atoms with Crippen molar-refractivity contribution in [1.29, 1.82) is 0 Å². The van der Waals surface area contributed by atoms with Crippen molar-refractivity contribution in [3.63, 3.8) is 0 Å². The van der Waals surface area contributed by atoms with Crippen molar-refractivity contribution in [3.8, 4) is 0 Å². The lowest BCUT2D eigenvalue weighted by Crippen LogP contribution is -2.62. The van der Waals surface area contributed by atoms with Gasteiger partial charge in [-0.05, 0) is 24.2 Å². The van der Waals surface area contributed by atoms with Crippen molar-refractivity contribution in [1.82, 2.24) is 10.3 Å². The quantitative estimate of drug-likeness (QED) is 0.433. The van der Waals surface area contributed by atoms with Gasteiger partial charge in [-0.2, -0.15) is 0 Å². The topological polar surface area (TPSA) is 118 Å². The number of nitro groups is 1. The Bertz CT molecular complexity index is 737. The predicted molar refractivity (Wildman–Crippen MR) is 109 cm³/mol. The zero-order valence-corrected chi connectivity index (χ0v) is 18.3. The second-order valence-corrected chi connectivity index (χ2v) is 13.7. The normalized spacial score (nSPS) is 23.4. The maximum absolute atomic E-state index is 11.4. The number of carboxylic acid groups (broad SMARTS) is 1. The second-order valence-electron chi connectivity index (χ2n) is 8.90. The van der Waals surface area contributed by atoms with Gasteiger partial charge in [0.2, 0.25) is 0 Å². The molecule has 9 nitrogen and oxygen atoms in total. The van der Waals surface area contributed by atoms with Gasteiger partial charge in [-0.3, -0.25) is 15.1 Å². The highest BCUT2D eigenvalue weighted by Crippen LogP contribution is 2.40. The van der Waals surface area contributed by atoms with Crippen LogP contribution in [0.4, 0.5) is 16.2 Å². The molecule has 0 unspecified atom stereocenters. The van der Waals surface area contributed by atoms with Crippen molar-refractivity contribution in [2.75, 3.05) is 18.0 Å². The number of anilines is 1. The van der Waals surface area contributed by atoms with E-state index in [2.05, 4.69) is 44.2 Å². The fourth-order valence-corrected chi connectivity index (χ4v) is 4.68. The van der Waals surface area contributed by atoms with Gasteiger partial charge >= 0.3 is 11.8 Å². The molecule has 1 aliphatic heterocycles. The van der Waals surface area contributed by atoms with E-state index in [1.54, 1.807) is 6.07 Å². The van der Waals surface area contributed by atoms with Crippen molar-refractivity contribution in [2.24, 2.45) is 5.92 Å². The van der Waals surface area contributed by atoms with Crippen LogP contribution in [-0.2, 0) is 4.43 Å². The molecular weight excluding hydrogens is 380 g/mol. The van der Waals surface area contributed by atoms with E-state index >= 15 is 0 Å². The van der Waals surface area contributed by atoms with Crippen LogP contribution in [0.1, 0.15) is 27.7 Å². The van der Waals surface area contributed by atoms with Crippen molar-refractivity contribution in [3.05, 3.63) is 28.6 Å². The van der Waals surface area contributed by atoms with Crippen molar-refractivity contribution < 1.29 is 19.3 Å². The van der Waals surface area contributed by atoms with Gasteiger partial charge in [0.05, 0.1) is 17.1 Å². The van der Waals surface area contributed by atoms with E-state index in [0.29, 0.717) is 18.8 Å². The summed E-state index contributed by atoms with van der Waals surface area (Å²) in [6.07, 6.45) is 1.30. The Kier molecular flexibility index (Phi) is 6.34. The van der Waals surface area contributed by atoms with Crippen LogP contribution in [0.3, 0.4) is 0 Å². The third kappa shape index (κ3) is 4.79. The summed E-state index contributed by atoms with van der Waals surface area (Å²) in [4.78, 5) is 28.0. The third-order valence-corrected chi connectivity index (χ3v) is 10.2. The zero-order chi connectivity index (χ0) is 21.3. The SMILES string of the molecule is C[C@H]1CN(c2ccncc2[N+](=O)[O-])C[C@@H](NC(=O)O)[C@@H]1O[Si](C)(C)C(C)(C)C. The summed E-state index contributed by atoms with van der Waals surface area (Å²) in [7, 11) is -2.13. The number of nitrogens with one attached hydrogen (secondary N) is 1. The van der Waals surface area contributed by atoms with Crippen LogP contribution in [0, 0.1) is 16.0 Å². The first-order valence-electron chi connectivity index (χ1n) is 9.34. The number of amides is 1. The molecule has 2 heterocycles. The zero-order valence-electron chi connectivity index (χ0n) is 17.3. The maximum atomic E-state index is 11.4. The number of rotatable bonds is 5. The van der Waals surface area contributed by atoms with E-state index in [0.717, 1.165) is 0 Å². The number of hydrogen-bond acceptors (Lipinski definition) is 6. The van der Waals surface area contributed by atoms with Gasteiger partial charge in [0.25, 0.3) is 0 Å². The lowest BCUT2D eigenvalue weighted by atomic mass is 9.92. The van der Waals surface area contributed by atoms with Gasteiger partial charge in [0.1, 0.15) is 11.9 Å². The fraction of sp³-hybridized carbons (Fsp3) is 0.667. The highest BCUT2D eigenvalue weighted by atomic mass is 28.4. The number of carbonyl (C=O) groups is 1. The van der Waals surface area contributed by atoms with Crippen LogP contribution in [0.25, 0.3) is 0 Å². The molecule has 1 aromatic heterocycles. The Hall–Kier alpha value is -2.20. The summed E-state index contributed by atoms with van der Waals surface area (Å²) in [5.74, 6) is -0.0208. The number of pyridine rings is 1. The predicted octanol–water partition coefficient (Wildman–Crippen LogP) is 3.47. The number of hydrogen-bond donors (Lipinski definition) is 2. The fourth-order valence-electron chi connectivity index (χ4n) is 3.25. The van der Waals surface area contributed by atoms with Crippen LogP contribution in [0.5, 0.6) is 0 Å². The standard InChI is InChI=1S/C18H30N4O5Si/c1-12-10-21(14-7-8-19-9-15(14)22(25)26)11-13(20-17(23)24)16(12)27-28(5,6)18(2,3)4/h7-9,12-13,16,20H,10-11H2,1-6H3,(H,23,24)/t12-,13+,16+/m0/s1. The van der Waals surface area contributed by atoms with E-state index in [9.17, 15) is 20.0 Å². The molecule has 0 saturated carbocycles. The highest BCUT2D eigenvalue weighted by molar-refractivity contribution is 6.74. The molecule has 1 amide bonds. The molecule has 1 saturated heterocycles. The van der Waals surface area contributed by atoms with Gasteiger partial charge in [-0.25, -0.2) is 4.79 Å². The largest absolute Gasteiger partial charge is 0.465 e. The molecule has 10 heteroatoms. The highest BCUT2D eigenvalue weighted by Gasteiger charge is 2.45. The Morgan fingerprint density at radius 2 is 2.07 bits per heavy atom. The first-order valence-corrected chi connectivity index (χ1v) is 12.2. The van der Waals surface area contributed by atoms with Crippen LogP contribution >= 0.6 is 0 Å². The molecular formula is C18H30N4O5Si. The van der Waals surface area contributed by atoms with E-state index in [1.807, 2.05) is 11.8 Å². The number of aromatic nitrogens is 1.